The molecule has 12 unspecified atom stereocenters. The van der Waals surface area contributed by atoms with Gasteiger partial charge in [-0.3, -0.25) is 4.79 Å². The Morgan fingerprint density at radius 3 is 2.41 bits per heavy atom. The second-order valence-corrected chi connectivity index (χ2v) is 18.7. The number of ether oxygens (including phenoxy) is 1. The molecule has 0 aromatic rings. The summed E-state index contributed by atoms with van der Waals surface area (Å²) in [7, 11) is 0. The van der Waals surface area contributed by atoms with Crippen LogP contribution in [0.15, 0.2) is 35.2 Å². The van der Waals surface area contributed by atoms with Gasteiger partial charge in [-0.2, -0.15) is 0 Å². The van der Waals surface area contributed by atoms with Gasteiger partial charge in [-0.05, 0) is 130 Å². The number of epoxide rings is 1. The number of nitrogens with one attached hydrogen (secondary N) is 1. The van der Waals surface area contributed by atoms with Crippen LogP contribution in [-0.4, -0.2) is 79.6 Å². The van der Waals surface area contributed by atoms with Gasteiger partial charge in [0.1, 0.15) is 12.2 Å². The van der Waals surface area contributed by atoms with E-state index in [9.17, 15) is 30.3 Å². The van der Waals surface area contributed by atoms with Crippen molar-refractivity contribution in [3.05, 3.63) is 35.2 Å². The largest absolute Gasteiger partial charge is 0.396 e. The summed E-state index contributed by atoms with van der Waals surface area (Å²) in [5, 5.41) is 62.9. The topological polar surface area (TPSA) is 169 Å². The van der Waals surface area contributed by atoms with Crippen LogP contribution in [0, 0.1) is 39.9 Å². The zero-order valence-corrected chi connectivity index (χ0v) is 31.6. The summed E-state index contributed by atoms with van der Waals surface area (Å²) in [6.45, 7) is 8.22. The fraction of sp³-hybridized carbons (Fsp3) is 0.833. The summed E-state index contributed by atoms with van der Waals surface area (Å²) < 4.78 is 6.38. The summed E-state index contributed by atoms with van der Waals surface area (Å²) in [5.41, 5.74) is 2.16. The van der Waals surface area contributed by atoms with E-state index < -0.39 is 45.9 Å². The number of hydrogen-bond donors (Lipinski definition) is 7. The average Bonchev–Trinajstić information content (AvgIpc) is 3.88. The third-order valence-electron chi connectivity index (χ3n) is 16.4. The first kappa shape index (κ1) is 37.6. The average molecular weight is 711 g/mol. The lowest BCUT2D eigenvalue weighted by molar-refractivity contribution is -0.168. The highest BCUT2D eigenvalue weighted by Crippen LogP contribution is 2.72. The molecule has 4 saturated carbocycles. The molecular formula is C42H66N2O7. The summed E-state index contributed by atoms with van der Waals surface area (Å²) in [6.07, 6.45) is 16.9. The molecule has 12 atom stereocenters. The molecule has 2 aliphatic heterocycles. The van der Waals surface area contributed by atoms with Crippen LogP contribution in [-0.2, 0) is 9.53 Å². The number of aliphatic hydroxyl groups is 5. The van der Waals surface area contributed by atoms with Gasteiger partial charge in [-0.25, -0.2) is 0 Å². The maximum Gasteiger partial charge on any atom is 0.159 e. The minimum atomic E-state index is -1.43. The molecular weight excluding hydrogens is 644 g/mol. The Morgan fingerprint density at radius 1 is 0.980 bits per heavy atom. The maximum absolute atomic E-state index is 14.2. The molecule has 7 aliphatic rings. The first-order chi connectivity index (χ1) is 24.1. The van der Waals surface area contributed by atoms with Gasteiger partial charge in [0.15, 0.2) is 5.78 Å². The Hall–Kier alpha value is -1.75. The van der Waals surface area contributed by atoms with E-state index in [4.69, 9.17) is 10.5 Å². The van der Waals surface area contributed by atoms with Gasteiger partial charge in [-0.15, -0.1) is 0 Å². The number of dihydropyridines is 1. The number of carbonyl (C=O) groups excluding carboxylic acids is 1. The molecule has 5 fully saturated rings. The van der Waals surface area contributed by atoms with Crippen molar-refractivity contribution in [2.75, 3.05) is 13.2 Å². The van der Waals surface area contributed by atoms with Gasteiger partial charge in [-0.1, -0.05) is 52.5 Å². The van der Waals surface area contributed by atoms with Crippen LogP contribution < -0.4 is 11.1 Å². The normalized spacial score (nSPS) is 43.2. The summed E-state index contributed by atoms with van der Waals surface area (Å²) in [4.78, 5) is 14.2. The van der Waals surface area contributed by atoms with Crippen molar-refractivity contribution >= 4 is 5.78 Å². The fourth-order valence-corrected chi connectivity index (χ4v) is 13.1. The Balaban J connectivity index is 1.17. The molecule has 0 amide bonds. The van der Waals surface area contributed by atoms with Crippen LogP contribution in [0.5, 0.6) is 0 Å². The minimum absolute atomic E-state index is 0.0823. The second-order valence-electron chi connectivity index (χ2n) is 18.7. The molecule has 7 rings (SSSR count). The lowest BCUT2D eigenvalue weighted by Gasteiger charge is -2.63. The monoisotopic (exact) mass is 710 g/mol. The van der Waals surface area contributed by atoms with E-state index in [1.54, 1.807) is 13.0 Å². The predicted molar refractivity (Wildman–Crippen MR) is 196 cm³/mol. The van der Waals surface area contributed by atoms with E-state index in [-0.39, 0.29) is 35.6 Å². The third-order valence-corrected chi connectivity index (χ3v) is 16.4. The summed E-state index contributed by atoms with van der Waals surface area (Å²) in [6, 6.07) is 0. The molecule has 5 aliphatic carbocycles. The number of nitrogens with two attached hydrogens (primary N) is 1. The number of allylic oxidation sites excluding steroid dienone is 3. The van der Waals surface area contributed by atoms with Gasteiger partial charge >= 0.3 is 0 Å². The third kappa shape index (κ3) is 5.64. The van der Waals surface area contributed by atoms with E-state index in [1.807, 2.05) is 13.0 Å². The molecule has 286 valence electrons. The summed E-state index contributed by atoms with van der Waals surface area (Å²) in [5.74, 6) is 0.716. The van der Waals surface area contributed by atoms with E-state index in [0.29, 0.717) is 69.7 Å². The lowest BCUT2D eigenvalue weighted by atomic mass is 9.41. The van der Waals surface area contributed by atoms with E-state index >= 15 is 0 Å². The van der Waals surface area contributed by atoms with Crippen molar-refractivity contribution in [2.24, 2.45) is 45.7 Å². The molecule has 0 bridgehead atoms. The van der Waals surface area contributed by atoms with Gasteiger partial charge < -0.3 is 41.3 Å². The predicted octanol–water partition coefficient (Wildman–Crippen LogP) is 4.94. The van der Waals surface area contributed by atoms with Crippen LogP contribution in [0.1, 0.15) is 130 Å². The Morgan fingerprint density at radius 2 is 1.73 bits per heavy atom. The SMILES string of the molecule is CCCC(O)(C1OC1C(C)(O)C(C)(CO)CCC1=CCNC(N)=C1)C1CCC2(O)C3=CC(=O)C4CC(O)CCC4(C4CCCCC4)C3CCC12C. The first-order valence-electron chi connectivity index (χ1n) is 20.4. The van der Waals surface area contributed by atoms with Crippen LogP contribution in [0.3, 0.4) is 0 Å². The molecule has 51 heavy (non-hydrogen) atoms. The highest BCUT2D eigenvalue weighted by molar-refractivity contribution is 5.95. The van der Waals surface area contributed by atoms with Crippen molar-refractivity contribution in [1.82, 2.24) is 5.32 Å². The number of aliphatic hydroxyl groups excluding tert-OH is 2. The molecule has 0 aromatic heterocycles. The Labute approximate surface area is 305 Å². The molecule has 2 heterocycles. The van der Waals surface area contributed by atoms with Crippen LogP contribution >= 0.6 is 0 Å². The molecule has 8 N–H and O–H groups in total. The lowest BCUT2D eigenvalue weighted by Crippen LogP contribution is -2.64. The number of hydrogen-bond acceptors (Lipinski definition) is 9. The van der Waals surface area contributed by atoms with Crippen molar-refractivity contribution < 1.29 is 35.1 Å². The van der Waals surface area contributed by atoms with Gasteiger partial charge in [0, 0.05) is 23.3 Å². The molecule has 1 saturated heterocycles. The number of ketones is 1. The zero-order valence-electron chi connectivity index (χ0n) is 31.6. The van der Waals surface area contributed by atoms with Gasteiger partial charge in [0.25, 0.3) is 0 Å². The van der Waals surface area contributed by atoms with Gasteiger partial charge in [0.05, 0.1) is 35.3 Å². The van der Waals surface area contributed by atoms with E-state index in [1.165, 1.54) is 19.3 Å². The Kier molecular flexibility index (Phi) is 9.74. The molecule has 0 spiro atoms. The second kappa shape index (κ2) is 13.2. The first-order valence-corrected chi connectivity index (χ1v) is 20.4. The maximum atomic E-state index is 14.2. The molecule has 0 aromatic carbocycles. The van der Waals surface area contributed by atoms with Gasteiger partial charge in [0.2, 0.25) is 0 Å². The smallest absolute Gasteiger partial charge is 0.159 e. The van der Waals surface area contributed by atoms with E-state index in [2.05, 4.69) is 25.2 Å². The highest BCUT2D eigenvalue weighted by Gasteiger charge is 2.74. The summed E-state index contributed by atoms with van der Waals surface area (Å²) >= 11 is 0. The standard InChI is InChI=1S/C42H66N2O7/c1-5-16-41(49,36-35(51-36)39(4,48)37(2,25-45)17-11-26-15-21-44-34(43)22-26)33-14-20-42(50)30-24-32(47)31-23-28(46)12-19-40(31,27-9-7-6-8-10-27)29(30)13-18-38(33,42)3/h15,22,24,27-29,31,33,35-36,44-46,48-50H,5-14,16-21,23,25,43H2,1-4H3. The number of rotatable bonds is 11. The molecule has 0 radical (unpaired) electrons. The molecule has 9 nitrogen and oxygen atoms in total. The van der Waals surface area contributed by atoms with Crippen LogP contribution in [0.25, 0.3) is 0 Å². The van der Waals surface area contributed by atoms with Crippen molar-refractivity contribution in [1.29, 1.82) is 0 Å². The van der Waals surface area contributed by atoms with Crippen LogP contribution in [0.2, 0.25) is 0 Å². The zero-order chi connectivity index (χ0) is 36.6. The fourth-order valence-electron chi connectivity index (χ4n) is 13.1. The molecule has 9 heteroatoms. The van der Waals surface area contributed by atoms with E-state index in [0.717, 1.165) is 43.3 Å². The van der Waals surface area contributed by atoms with Crippen molar-refractivity contribution in [3.63, 3.8) is 0 Å². The highest BCUT2D eigenvalue weighted by atomic mass is 16.6. The quantitative estimate of drug-likeness (QED) is 0.147. The Bertz CT molecular complexity index is 1450. The van der Waals surface area contributed by atoms with Crippen molar-refractivity contribution in [2.45, 2.75) is 166 Å². The van der Waals surface area contributed by atoms with Crippen LogP contribution in [0.4, 0.5) is 0 Å². The number of carbonyl (C=O) groups is 1. The minimum Gasteiger partial charge on any atom is -0.396 e. The number of fused-ring (bicyclic) bond motifs is 5. The van der Waals surface area contributed by atoms with Crippen molar-refractivity contribution in [3.8, 4) is 0 Å².